The number of hydrogen-bond donors (Lipinski definition) is 1. The molecule has 1 saturated carbocycles. The van der Waals surface area contributed by atoms with Crippen molar-refractivity contribution in [3.8, 4) is 0 Å². The molecule has 3 rings (SSSR count). The van der Waals surface area contributed by atoms with Crippen LogP contribution >= 0.6 is 11.8 Å². The predicted molar refractivity (Wildman–Crippen MR) is 114 cm³/mol. The van der Waals surface area contributed by atoms with Gasteiger partial charge in [-0.05, 0) is 25.0 Å². The Balaban J connectivity index is 1.71. The van der Waals surface area contributed by atoms with Crippen molar-refractivity contribution < 1.29 is 26.4 Å². The standard InChI is InChI=1S/C19H24F3N5O3S2/c1-26-17(19(20,21)22)24-25-18(26)31-12-16(28)23-14-10-6-7-11-15(14)32(29,30)27(2)13-8-4-3-5-9-13/h6-7,10-11,13H,3-5,8-9,12H2,1-2H3,(H,23,28). The van der Waals surface area contributed by atoms with Crippen molar-refractivity contribution in [1.29, 1.82) is 0 Å². The van der Waals surface area contributed by atoms with E-state index in [-0.39, 0.29) is 27.5 Å². The number of para-hydroxylation sites is 1. The molecule has 1 aromatic carbocycles. The van der Waals surface area contributed by atoms with Gasteiger partial charge in [0.1, 0.15) is 4.90 Å². The molecule has 1 aromatic heterocycles. The number of alkyl halides is 3. The smallest absolute Gasteiger partial charge is 0.324 e. The van der Waals surface area contributed by atoms with E-state index in [1.165, 1.54) is 16.4 Å². The van der Waals surface area contributed by atoms with Gasteiger partial charge in [-0.15, -0.1) is 10.2 Å². The second kappa shape index (κ2) is 9.79. The van der Waals surface area contributed by atoms with Crippen molar-refractivity contribution in [2.45, 2.75) is 54.4 Å². The van der Waals surface area contributed by atoms with Gasteiger partial charge in [-0.25, -0.2) is 8.42 Å². The van der Waals surface area contributed by atoms with Gasteiger partial charge in [-0.2, -0.15) is 17.5 Å². The molecular weight excluding hydrogens is 467 g/mol. The summed E-state index contributed by atoms with van der Waals surface area (Å²) in [5.74, 6) is -2.01. The fourth-order valence-corrected chi connectivity index (χ4v) is 5.87. The van der Waals surface area contributed by atoms with Crippen LogP contribution in [0.15, 0.2) is 34.3 Å². The number of thioether (sulfide) groups is 1. The normalized spacial score (nSPS) is 15.8. The third kappa shape index (κ3) is 5.44. The van der Waals surface area contributed by atoms with E-state index in [2.05, 4.69) is 15.5 Å². The van der Waals surface area contributed by atoms with Gasteiger partial charge >= 0.3 is 6.18 Å². The van der Waals surface area contributed by atoms with Gasteiger partial charge in [0.15, 0.2) is 5.16 Å². The lowest BCUT2D eigenvalue weighted by Crippen LogP contribution is -2.38. The van der Waals surface area contributed by atoms with Gasteiger partial charge in [-0.1, -0.05) is 43.2 Å². The van der Waals surface area contributed by atoms with Crippen LogP contribution in [-0.2, 0) is 28.0 Å². The molecule has 32 heavy (non-hydrogen) atoms. The molecule has 8 nitrogen and oxygen atoms in total. The van der Waals surface area contributed by atoms with Gasteiger partial charge in [0.05, 0.1) is 11.4 Å². The first-order valence-electron chi connectivity index (χ1n) is 9.98. The fraction of sp³-hybridized carbons (Fsp3) is 0.526. The molecule has 1 aliphatic rings. The Kier molecular flexibility index (Phi) is 7.50. The Labute approximate surface area is 188 Å². The summed E-state index contributed by atoms with van der Waals surface area (Å²) in [6, 6.07) is 5.99. The number of sulfonamides is 1. The third-order valence-electron chi connectivity index (χ3n) is 5.33. The maximum absolute atomic E-state index is 13.2. The molecule has 0 radical (unpaired) electrons. The molecule has 0 aliphatic heterocycles. The van der Waals surface area contributed by atoms with E-state index in [1.807, 2.05) is 0 Å². The van der Waals surface area contributed by atoms with Gasteiger partial charge < -0.3 is 9.88 Å². The van der Waals surface area contributed by atoms with E-state index in [0.717, 1.165) is 55.5 Å². The molecule has 1 aliphatic carbocycles. The largest absolute Gasteiger partial charge is 0.451 e. The number of carbonyl (C=O) groups is 1. The van der Waals surface area contributed by atoms with E-state index >= 15 is 0 Å². The van der Waals surface area contributed by atoms with Crippen molar-refractivity contribution >= 4 is 33.4 Å². The average molecular weight is 492 g/mol. The zero-order valence-corrected chi connectivity index (χ0v) is 19.2. The quantitative estimate of drug-likeness (QED) is 0.596. The van der Waals surface area contributed by atoms with Crippen LogP contribution in [0, 0.1) is 0 Å². The first-order valence-corrected chi connectivity index (χ1v) is 12.4. The molecule has 1 N–H and O–H groups in total. The van der Waals surface area contributed by atoms with Crippen molar-refractivity contribution in [1.82, 2.24) is 19.1 Å². The summed E-state index contributed by atoms with van der Waals surface area (Å²) in [6.45, 7) is 0. The van der Waals surface area contributed by atoms with Crippen LogP contribution in [0.1, 0.15) is 37.9 Å². The van der Waals surface area contributed by atoms with Crippen molar-refractivity contribution in [2.24, 2.45) is 7.05 Å². The summed E-state index contributed by atoms with van der Waals surface area (Å²) in [4.78, 5) is 12.4. The van der Waals surface area contributed by atoms with Crippen LogP contribution in [0.5, 0.6) is 0 Å². The van der Waals surface area contributed by atoms with Gasteiger partial charge in [0, 0.05) is 20.1 Å². The molecular formula is C19H24F3N5O3S2. The highest BCUT2D eigenvalue weighted by Crippen LogP contribution is 2.31. The minimum atomic E-state index is -4.65. The highest BCUT2D eigenvalue weighted by Gasteiger charge is 2.37. The number of rotatable bonds is 7. The number of carbonyl (C=O) groups excluding carboxylic acids is 1. The number of nitrogens with one attached hydrogen (secondary N) is 1. The van der Waals surface area contributed by atoms with E-state index in [0.29, 0.717) is 0 Å². The molecule has 0 saturated heterocycles. The number of anilines is 1. The van der Waals surface area contributed by atoms with Crippen LogP contribution in [0.2, 0.25) is 0 Å². The Hall–Kier alpha value is -2.12. The summed E-state index contributed by atoms with van der Waals surface area (Å²) < 4.78 is 67.0. The maximum atomic E-state index is 13.2. The van der Waals surface area contributed by atoms with Crippen molar-refractivity contribution in [3.63, 3.8) is 0 Å². The van der Waals surface area contributed by atoms with Crippen LogP contribution in [0.3, 0.4) is 0 Å². The first kappa shape index (κ1) is 24.5. The second-order valence-electron chi connectivity index (χ2n) is 7.51. The third-order valence-corrected chi connectivity index (χ3v) is 8.32. The molecule has 0 unspecified atom stereocenters. The van der Waals surface area contributed by atoms with E-state index < -0.39 is 27.9 Å². The van der Waals surface area contributed by atoms with Crippen LogP contribution < -0.4 is 5.32 Å². The number of benzene rings is 1. The molecule has 0 atom stereocenters. The molecule has 2 aromatic rings. The molecule has 0 spiro atoms. The number of nitrogens with zero attached hydrogens (tertiary/aromatic N) is 4. The zero-order chi connectivity index (χ0) is 23.5. The Morgan fingerprint density at radius 2 is 1.88 bits per heavy atom. The fourth-order valence-electron chi connectivity index (χ4n) is 3.59. The summed E-state index contributed by atoms with van der Waals surface area (Å²) in [5, 5.41) is 9.05. The minimum Gasteiger partial charge on any atom is -0.324 e. The summed E-state index contributed by atoms with van der Waals surface area (Å²) in [6.07, 6.45) is -0.0430. The summed E-state index contributed by atoms with van der Waals surface area (Å²) in [7, 11) is -1.13. The van der Waals surface area contributed by atoms with Crippen molar-refractivity contribution in [3.05, 3.63) is 30.1 Å². The minimum absolute atomic E-state index is 0.0237. The number of hydrogen-bond acceptors (Lipinski definition) is 6. The van der Waals surface area contributed by atoms with Gasteiger partial charge in [-0.3, -0.25) is 4.79 Å². The lowest BCUT2D eigenvalue weighted by molar-refractivity contribution is -0.147. The number of halogens is 3. The topological polar surface area (TPSA) is 97.2 Å². The van der Waals surface area contributed by atoms with Crippen molar-refractivity contribution in [2.75, 3.05) is 18.1 Å². The average Bonchev–Trinajstić information content (AvgIpc) is 3.13. The lowest BCUT2D eigenvalue weighted by Gasteiger charge is -2.30. The first-order chi connectivity index (χ1) is 15.0. The lowest BCUT2D eigenvalue weighted by atomic mass is 9.96. The van der Waals surface area contributed by atoms with E-state index in [4.69, 9.17) is 0 Å². The number of aromatic nitrogens is 3. The molecule has 1 heterocycles. The number of amides is 1. The summed E-state index contributed by atoms with van der Waals surface area (Å²) >= 11 is 0.771. The van der Waals surface area contributed by atoms with E-state index in [1.54, 1.807) is 19.2 Å². The summed E-state index contributed by atoms with van der Waals surface area (Å²) in [5.41, 5.74) is 0.120. The zero-order valence-electron chi connectivity index (χ0n) is 17.6. The van der Waals surface area contributed by atoms with Gasteiger partial charge in [0.25, 0.3) is 0 Å². The van der Waals surface area contributed by atoms with Crippen LogP contribution in [0.25, 0.3) is 0 Å². The van der Waals surface area contributed by atoms with Crippen LogP contribution in [0.4, 0.5) is 18.9 Å². The molecule has 1 fully saturated rings. The SMILES string of the molecule is CN(C1CCCCC1)S(=O)(=O)c1ccccc1NC(=O)CSc1nnc(C(F)(F)F)n1C. The van der Waals surface area contributed by atoms with Gasteiger partial charge in [0.2, 0.25) is 21.8 Å². The highest BCUT2D eigenvalue weighted by atomic mass is 32.2. The monoisotopic (exact) mass is 491 g/mol. The Bertz CT molecular complexity index is 1070. The maximum Gasteiger partial charge on any atom is 0.451 e. The molecule has 13 heteroatoms. The Morgan fingerprint density at radius 3 is 2.50 bits per heavy atom. The van der Waals surface area contributed by atoms with Crippen LogP contribution in [-0.4, -0.2) is 52.2 Å². The molecule has 176 valence electrons. The second-order valence-corrected chi connectivity index (χ2v) is 10.4. The Morgan fingerprint density at radius 1 is 1.22 bits per heavy atom. The van der Waals surface area contributed by atoms with E-state index in [9.17, 15) is 26.4 Å². The molecule has 0 bridgehead atoms. The highest BCUT2D eigenvalue weighted by molar-refractivity contribution is 7.99. The molecule has 1 amide bonds. The predicted octanol–water partition coefficient (Wildman–Crippen LogP) is 3.52.